The predicted octanol–water partition coefficient (Wildman–Crippen LogP) is 0.553. The number of hydrogen-bond donors (Lipinski definition) is 3. The Hall–Kier alpha value is -1.26. The lowest BCUT2D eigenvalue weighted by Gasteiger charge is -2.22. The molecule has 0 radical (unpaired) electrons. The molecule has 2 saturated carbocycles. The fraction of sp³-hybridized carbons (Fsp3) is 0.778. The summed E-state index contributed by atoms with van der Waals surface area (Å²) in [6.07, 6.45) is 4.77. The number of nitrogens with one attached hydrogen (secondary N) is 2. The third-order valence-electron chi connectivity index (χ3n) is 3.29. The van der Waals surface area contributed by atoms with E-state index in [-0.39, 0.29) is 6.04 Å². The lowest BCUT2D eigenvalue weighted by atomic mass is 9.95. The number of fused-ring (bicyclic) bond motifs is 2. The molecule has 0 aromatic rings. The summed E-state index contributed by atoms with van der Waals surface area (Å²) in [4.78, 5) is 21.6. The smallest absolute Gasteiger partial charge is 0.323 e. The molecule has 2 bridgehead atoms. The summed E-state index contributed by atoms with van der Waals surface area (Å²) in [7, 11) is 0. The number of amides is 4. The summed E-state index contributed by atoms with van der Waals surface area (Å²) < 4.78 is 0. The van der Waals surface area contributed by atoms with Gasteiger partial charge in [0.15, 0.2) is 0 Å². The number of carbonyl (C=O) groups excluding carboxylic acids is 2. The fourth-order valence-electron chi connectivity index (χ4n) is 2.74. The second-order valence-electron chi connectivity index (χ2n) is 4.24. The van der Waals surface area contributed by atoms with Crippen LogP contribution in [0.15, 0.2) is 0 Å². The van der Waals surface area contributed by atoms with Crippen LogP contribution in [-0.2, 0) is 0 Å². The van der Waals surface area contributed by atoms with Gasteiger partial charge < -0.3 is 11.1 Å². The Morgan fingerprint density at radius 1 is 1.21 bits per heavy atom. The summed E-state index contributed by atoms with van der Waals surface area (Å²) >= 11 is 0. The topological polar surface area (TPSA) is 84.2 Å². The zero-order valence-electron chi connectivity index (χ0n) is 7.95. The van der Waals surface area contributed by atoms with E-state index in [1.165, 1.54) is 19.3 Å². The van der Waals surface area contributed by atoms with Crippen LogP contribution in [0.3, 0.4) is 0 Å². The van der Waals surface area contributed by atoms with E-state index in [2.05, 4.69) is 5.32 Å². The van der Waals surface area contributed by atoms with Gasteiger partial charge in [-0.2, -0.15) is 0 Å². The molecule has 2 rings (SSSR count). The summed E-state index contributed by atoms with van der Waals surface area (Å²) in [5.41, 5.74) is 4.83. The number of imide groups is 1. The van der Waals surface area contributed by atoms with Gasteiger partial charge in [-0.1, -0.05) is 6.42 Å². The normalized spacial score (nSPS) is 34.1. The highest BCUT2D eigenvalue weighted by Gasteiger charge is 2.40. The second-order valence-corrected chi connectivity index (χ2v) is 4.24. The van der Waals surface area contributed by atoms with E-state index >= 15 is 0 Å². The Labute approximate surface area is 82.4 Å². The van der Waals surface area contributed by atoms with Gasteiger partial charge in [0.2, 0.25) is 0 Å². The summed E-state index contributed by atoms with van der Waals surface area (Å²) in [6, 6.07) is -1.02. The van der Waals surface area contributed by atoms with Gasteiger partial charge in [-0.05, 0) is 31.1 Å². The van der Waals surface area contributed by atoms with Gasteiger partial charge >= 0.3 is 12.1 Å². The monoisotopic (exact) mass is 197 g/mol. The van der Waals surface area contributed by atoms with E-state index in [1.807, 2.05) is 5.32 Å². The Bertz CT molecular complexity index is 267. The molecule has 3 atom stereocenters. The van der Waals surface area contributed by atoms with Crippen LogP contribution in [0, 0.1) is 11.8 Å². The van der Waals surface area contributed by atoms with Crippen molar-refractivity contribution < 1.29 is 9.59 Å². The Morgan fingerprint density at radius 2 is 2.00 bits per heavy atom. The van der Waals surface area contributed by atoms with E-state index in [9.17, 15) is 9.59 Å². The summed E-state index contributed by atoms with van der Waals surface area (Å²) in [5.74, 6) is 1.39. The molecule has 2 aliphatic rings. The lowest BCUT2D eigenvalue weighted by Crippen LogP contribution is -2.47. The van der Waals surface area contributed by atoms with Crippen LogP contribution < -0.4 is 16.4 Å². The largest absolute Gasteiger partial charge is 0.351 e. The highest BCUT2D eigenvalue weighted by Crippen LogP contribution is 2.44. The molecule has 0 aromatic carbocycles. The second kappa shape index (κ2) is 3.48. The number of nitrogens with two attached hydrogens (primary N) is 1. The Kier molecular flexibility index (Phi) is 2.31. The third kappa shape index (κ3) is 1.81. The first-order valence-electron chi connectivity index (χ1n) is 5.02. The highest BCUT2D eigenvalue weighted by atomic mass is 16.2. The van der Waals surface area contributed by atoms with Crippen LogP contribution in [0.4, 0.5) is 9.59 Å². The molecule has 2 fully saturated rings. The number of rotatable bonds is 1. The van der Waals surface area contributed by atoms with Crippen LogP contribution >= 0.6 is 0 Å². The van der Waals surface area contributed by atoms with Crippen LogP contribution in [0.2, 0.25) is 0 Å². The highest BCUT2D eigenvalue weighted by molar-refractivity contribution is 5.92. The Morgan fingerprint density at radius 3 is 2.50 bits per heavy atom. The number of hydrogen-bond acceptors (Lipinski definition) is 2. The molecule has 3 unspecified atom stereocenters. The Balaban J connectivity index is 1.81. The first-order chi connectivity index (χ1) is 6.65. The van der Waals surface area contributed by atoms with Crippen LogP contribution in [0.25, 0.3) is 0 Å². The van der Waals surface area contributed by atoms with Gasteiger partial charge in [-0.15, -0.1) is 0 Å². The minimum absolute atomic E-state index is 0.244. The van der Waals surface area contributed by atoms with Crippen molar-refractivity contribution in [3.63, 3.8) is 0 Å². The van der Waals surface area contributed by atoms with Crippen molar-refractivity contribution in [1.29, 1.82) is 0 Å². The zero-order chi connectivity index (χ0) is 10.1. The van der Waals surface area contributed by atoms with Crippen molar-refractivity contribution in [1.82, 2.24) is 10.6 Å². The fourth-order valence-corrected chi connectivity index (χ4v) is 2.74. The molecule has 4 N–H and O–H groups in total. The van der Waals surface area contributed by atoms with E-state index in [0.717, 1.165) is 12.3 Å². The van der Waals surface area contributed by atoms with Gasteiger partial charge in [0.25, 0.3) is 0 Å². The molecule has 0 saturated heterocycles. The first kappa shape index (κ1) is 9.30. The van der Waals surface area contributed by atoms with E-state index in [4.69, 9.17) is 5.73 Å². The van der Waals surface area contributed by atoms with Crippen molar-refractivity contribution in [2.45, 2.75) is 31.7 Å². The van der Waals surface area contributed by atoms with E-state index < -0.39 is 12.1 Å². The van der Waals surface area contributed by atoms with Gasteiger partial charge in [-0.3, -0.25) is 5.32 Å². The molecule has 2 aliphatic carbocycles. The van der Waals surface area contributed by atoms with Crippen molar-refractivity contribution in [2.24, 2.45) is 17.6 Å². The lowest BCUT2D eigenvalue weighted by molar-refractivity contribution is 0.224. The van der Waals surface area contributed by atoms with Crippen molar-refractivity contribution in [2.75, 3.05) is 0 Å². The van der Waals surface area contributed by atoms with Crippen LogP contribution in [0.5, 0.6) is 0 Å². The summed E-state index contributed by atoms with van der Waals surface area (Å²) in [6.45, 7) is 0. The quantitative estimate of drug-likeness (QED) is 0.573. The van der Waals surface area contributed by atoms with Crippen molar-refractivity contribution >= 4 is 12.1 Å². The summed E-state index contributed by atoms with van der Waals surface area (Å²) in [5, 5.41) is 4.81. The molecule has 14 heavy (non-hydrogen) atoms. The maximum absolute atomic E-state index is 11.2. The molecular weight excluding hydrogens is 182 g/mol. The average molecular weight is 197 g/mol. The van der Waals surface area contributed by atoms with Crippen LogP contribution in [0.1, 0.15) is 25.7 Å². The predicted molar refractivity (Wildman–Crippen MR) is 50.5 cm³/mol. The number of primary amides is 1. The van der Waals surface area contributed by atoms with Crippen molar-refractivity contribution in [3.05, 3.63) is 0 Å². The molecule has 5 nitrogen and oxygen atoms in total. The number of urea groups is 2. The minimum atomic E-state index is -0.800. The molecule has 5 heteroatoms. The van der Waals surface area contributed by atoms with Gasteiger partial charge in [-0.25, -0.2) is 9.59 Å². The molecule has 78 valence electrons. The van der Waals surface area contributed by atoms with Crippen LogP contribution in [-0.4, -0.2) is 18.1 Å². The molecule has 0 heterocycles. The average Bonchev–Trinajstić information content (AvgIpc) is 2.62. The van der Waals surface area contributed by atoms with Crippen molar-refractivity contribution in [3.8, 4) is 0 Å². The van der Waals surface area contributed by atoms with Gasteiger partial charge in [0.05, 0.1) is 0 Å². The molecule has 4 amide bonds. The zero-order valence-corrected chi connectivity index (χ0v) is 7.95. The van der Waals surface area contributed by atoms with E-state index in [0.29, 0.717) is 5.92 Å². The minimum Gasteiger partial charge on any atom is -0.351 e. The molecular formula is C9H15N3O2. The third-order valence-corrected chi connectivity index (χ3v) is 3.29. The maximum Gasteiger partial charge on any atom is 0.323 e. The molecule has 0 spiro atoms. The standard InChI is InChI=1S/C9H15N3O2/c10-8(13)12-9(14)11-7-4-5-1-2-6(7)3-5/h5-7H,1-4H2,(H4,10,11,12,13,14). The van der Waals surface area contributed by atoms with Gasteiger partial charge in [0, 0.05) is 6.04 Å². The number of carbonyl (C=O) groups is 2. The maximum atomic E-state index is 11.2. The van der Waals surface area contributed by atoms with Gasteiger partial charge in [0.1, 0.15) is 0 Å². The molecule has 0 aromatic heterocycles. The first-order valence-corrected chi connectivity index (χ1v) is 5.02. The SMILES string of the molecule is NC(=O)NC(=O)NC1CC2CCC1C2. The van der Waals surface area contributed by atoms with E-state index in [1.54, 1.807) is 0 Å². The molecule has 0 aliphatic heterocycles.